The summed E-state index contributed by atoms with van der Waals surface area (Å²) in [7, 11) is -1.38. The standard InChI is InChI=1S/C14H15NO3S/c1-10-3-5-12(6-4-10)15-14(16)9-19(17)13-7-8-18-11(13)2/h3-8H,9H2,1-2H3,(H,15,16)/t19-/m1/s1. The largest absolute Gasteiger partial charge is 0.468 e. The van der Waals surface area contributed by atoms with E-state index in [1.165, 1.54) is 6.26 Å². The quantitative estimate of drug-likeness (QED) is 0.934. The number of benzene rings is 1. The molecule has 1 heterocycles. The van der Waals surface area contributed by atoms with Crippen molar-refractivity contribution in [1.82, 2.24) is 0 Å². The van der Waals surface area contributed by atoms with Gasteiger partial charge in [0.1, 0.15) is 11.5 Å². The molecule has 0 unspecified atom stereocenters. The Kier molecular flexibility index (Phi) is 4.16. The van der Waals surface area contributed by atoms with Gasteiger partial charge in [0.2, 0.25) is 5.91 Å². The van der Waals surface area contributed by atoms with Crippen LogP contribution < -0.4 is 5.32 Å². The molecule has 0 fully saturated rings. The van der Waals surface area contributed by atoms with Crippen molar-refractivity contribution in [3.63, 3.8) is 0 Å². The molecule has 0 aliphatic carbocycles. The fraction of sp³-hybridized carbons (Fsp3) is 0.214. The number of amides is 1. The molecule has 0 aliphatic rings. The lowest BCUT2D eigenvalue weighted by Gasteiger charge is -2.05. The summed E-state index contributed by atoms with van der Waals surface area (Å²) in [4.78, 5) is 12.3. The Labute approximate surface area is 114 Å². The third kappa shape index (κ3) is 3.54. The van der Waals surface area contributed by atoms with Crippen molar-refractivity contribution in [3.05, 3.63) is 47.9 Å². The van der Waals surface area contributed by atoms with Crippen LogP contribution in [0.4, 0.5) is 5.69 Å². The van der Waals surface area contributed by atoms with Crippen LogP contribution in [0.15, 0.2) is 45.9 Å². The molecule has 1 aromatic carbocycles. The van der Waals surface area contributed by atoms with Crippen LogP contribution in [0.3, 0.4) is 0 Å². The highest BCUT2D eigenvalue weighted by Crippen LogP contribution is 2.14. The monoisotopic (exact) mass is 277 g/mol. The van der Waals surface area contributed by atoms with E-state index in [-0.39, 0.29) is 11.7 Å². The van der Waals surface area contributed by atoms with E-state index in [4.69, 9.17) is 4.42 Å². The second-order valence-electron chi connectivity index (χ2n) is 4.25. The number of carbonyl (C=O) groups is 1. The van der Waals surface area contributed by atoms with E-state index in [1.807, 2.05) is 31.2 Å². The van der Waals surface area contributed by atoms with Gasteiger partial charge in [0.05, 0.1) is 22.0 Å². The van der Waals surface area contributed by atoms with Crippen molar-refractivity contribution in [2.45, 2.75) is 18.7 Å². The van der Waals surface area contributed by atoms with Crippen molar-refractivity contribution in [2.24, 2.45) is 0 Å². The Morgan fingerprint density at radius 2 is 1.89 bits per heavy atom. The molecule has 1 N–H and O–H groups in total. The summed E-state index contributed by atoms with van der Waals surface area (Å²) >= 11 is 0. The molecule has 1 amide bonds. The first-order valence-electron chi connectivity index (χ1n) is 5.85. The molecule has 1 atom stereocenters. The van der Waals surface area contributed by atoms with E-state index in [0.717, 1.165) is 5.56 Å². The molecule has 0 bridgehead atoms. The smallest absolute Gasteiger partial charge is 0.237 e. The highest BCUT2D eigenvalue weighted by atomic mass is 32.2. The molecular weight excluding hydrogens is 262 g/mol. The maximum absolute atomic E-state index is 12.0. The van der Waals surface area contributed by atoms with Gasteiger partial charge >= 0.3 is 0 Å². The van der Waals surface area contributed by atoms with Crippen molar-refractivity contribution < 1.29 is 13.4 Å². The van der Waals surface area contributed by atoms with Crippen molar-refractivity contribution >= 4 is 22.4 Å². The summed E-state index contributed by atoms with van der Waals surface area (Å²) < 4.78 is 17.0. The fourth-order valence-electron chi connectivity index (χ4n) is 1.64. The van der Waals surface area contributed by atoms with Crippen LogP contribution >= 0.6 is 0 Å². The molecule has 2 aromatic rings. The number of anilines is 1. The molecular formula is C14H15NO3S. The predicted molar refractivity (Wildman–Crippen MR) is 74.5 cm³/mol. The molecule has 0 saturated carbocycles. The minimum absolute atomic E-state index is 0.0751. The summed E-state index contributed by atoms with van der Waals surface area (Å²) in [6.07, 6.45) is 1.47. The minimum atomic E-state index is -1.38. The van der Waals surface area contributed by atoms with Crippen molar-refractivity contribution in [2.75, 3.05) is 11.1 Å². The maximum Gasteiger partial charge on any atom is 0.237 e. The number of hydrogen-bond donors (Lipinski definition) is 1. The summed E-state index contributed by atoms with van der Waals surface area (Å²) in [6, 6.07) is 9.09. The minimum Gasteiger partial charge on any atom is -0.468 e. The number of rotatable bonds is 4. The predicted octanol–water partition coefficient (Wildman–Crippen LogP) is 2.64. The Hall–Kier alpha value is -1.88. The molecule has 0 spiro atoms. The number of hydrogen-bond acceptors (Lipinski definition) is 3. The van der Waals surface area contributed by atoms with Gasteiger partial charge in [-0.3, -0.25) is 9.00 Å². The Morgan fingerprint density at radius 1 is 1.21 bits per heavy atom. The average Bonchev–Trinajstić information content (AvgIpc) is 2.78. The van der Waals surface area contributed by atoms with Crippen LogP contribution in [0.25, 0.3) is 0 Å². The van der Waals surface area contributed by atoms with Crippen molar-refractivity contribution in [3.8, 4) is 0 Å². The highest BCUT2D eigenvalue weighted by molar-refractivity contribution is 7.85. The molecule has 100 valence electrons. The zero-order valence-electron chi connectivity index (χ0n) is 10.8. The SMILES string of the molecule is Cc1ccc(NC(=O)C[S@@](=O)c2ccoc2C)cc1. The normalized spacial score (nSPS) is 12.1. The molecule has 1 aromatic heterocycles. The van der Waals surface area contributed by atoms with Gasteiger partial charge in [-0.05, 0) is 32.0 Å². The number of nitrogens with one attached hydrogen (secondary N) is 1. The van der Waals surface area contributed by atoms with Gasteiger partial charge < -0.3 is 9.73 Å². The molecule has 0 saturated heterocycles. The van der Waals surface area contributed by atoms with Gasteiger partial charge in [-0.25, -0.2) is 0 Å². The topological polar surface area (TPSA) is 59.3 Å². The van der Waals surface area contributed by atoms with Gasteiger partial charge in [-0.15, -0.1) is 0 Å². The van der Waals surface area contributed by atoms with E-state index >= 15 is 0 Å². The second kappa shape index (κ2) is 5.84. The van der Waals surface area contributed by atoms with E-state index in [1.54, 1.807) is 13.0 Å². The zero-order chi connectivity index (χ0) is 13.8. The van der Waals surface area contributed by atoms with Crippen LogP contribution in [0.5, 0.6) is 0 Å². The lowest BCUT2D eigenvalue weighted by molar-refractivity contribution is -0.113. The Morgan fingerprint density at radius 3 is 2.47 bits per heavy atom. The number of furan rings is 1. The van der Waals surface area contributed by atoms with Crippen LogP contribution in [0.2, 0.25) is 0 Å². The molecule has 0 aliphatic heterocycles. The summed E-state index contributed by atoms with van der Waals surface area (Å²) in [5.41, 5.74) is 1.83. The molecule has 0 radical (unpaired) electrons. The van der Waals surface area contributed by atoms with Crippen LogP contribution in [-0.2, 0) is 15.6 Å². The molecule has 2 rings (SSSR count). The zero-order valence-corrected chi connectivity index (χ0v) is 11.6. The lowest BCUT2D eigenvalue weighted by Crippen LogP contribution is -2.19. The lowest BCUT2D eigenvalue weighted by atomic mass is 10.2. The van der Waals surface area contributed by atoms with Crippen LogP contribution in [0, 0.1) is 13.8 Å². The highest BCUT2D eigenvalue weighted by Gasteiger charge is 2.14. The maximum atomic E-state index is 12.0. The summed E-state index contributed by atoms with van der Waals surface area (Å²) in [5.74, 6) is 0.234. The number of aryl methyl sites for hydroxylation is 2. The Balaban J connectivity index is 1.96. The van der Waals surface area contributed by atoms with Gasteiger partial charge in [0, 0.05) is 5.69 Å². The first-order chi connectivity index (χ1) is 9.06. The van der Waals surface area contributed by atoms with Gasteiger partial charge in [-0.1, -0.05) is 17.7 Å². The fourth-order valence-corrected chi connectivity index (χ4v) is 2.68. The third-order valence-corrected chi connectivity index (χ3v) is 4.09. The Bertz CT molecular complexity index is 601. The van der Waals surface area contributed by atoms with Gasteiger partial charge in [0.25, 0.3) is 0 Å². The first kappa shape index (κ1) is 13.5. The molecule has 19 heavy (non-hydrogen) atoms. The average molecular weight is 277 g/mol. The van der Waals surface area contributed by atoms with Gasteiger partial charge in [-0.2, -0.15) is 0 Å². The molecule has 5 heteroatoms. The van der Waals surface area contributed by atoms with Crippen LogP contribution in [-0.4, -0.2) is 15.9 Å². The van der Waals surface area contributed by atoms with Gasteiger partial charge in [0.15, 0.2) is 0 Å². The summed E-state index contributed by atoms with van der Waals surface area (Å²) in [5, 5.41) is 2.72. The van der Waals surface area contributed by atoms with E-state index in [2.05, 4.69) is 5.32 Å². The third-order valence-electron chi connectivity index (χ3n) is 2.65. The van der Waals surface area contributed by atoms with E-state index in [9.17, 15) is 9.00 Å². The first-order valence-corrected chi connectivity index (χ1v) is 7.17. The summed E-state index contributed by atoms with van der Waals surface area (Å²) in [6.45, 7) is 3.70. The number of carbonyl (C=O) groups excluding carboxylic acids is 1. The van der Waals surface area contributed by atoms with E-state index in [0.29, 0.717) is 16.3 Å². The van der Waals surface area contributed by atoms with E-state index < -0.39 is 10.8 Å². The van der Waals surface area contributed by atoms with Crippen LogP contribution in [0.1, 0.15) is 11.3 Å². The second-order valence-corrected chi connectivity index (χ2v) is 5.66. The molecule has 4 nitrogen and oxygen atoms in total. The van der Waals surface area contributed by atoms with Crippen molar-refractivity contribution in [1.29, 1.82) is 0 Å².